The molecule has 0 saturated carbocycles. The van der Waals surface area contributed by atoms with E-state index in [-0.39, 0.29) is 0 Å². The summed E-state index contributed by atoms with van der Waals surface area (Å²) in [6.07, 6.45) is 8.75. The quantitative estimate of drug-likeness (QED) is 0.181. The van der Waals surface area contributed by atoms with Crippen LogP contribution in [0, 0.1) is 13.8 Å². The number of aryl methyl sites for hydroxylation is 2. The highest BCUT2D eigenvalue weighted by Gasteiger charge is 2.06. The SMILES string of the molecule is Cc1ccc(C=Cc2ccc3c(ccc4c5ccc(C=Cc6ccc(C)cc6)cc5ccc34)c2)cc1. The van der Waals surface area contributed by atoms with Crippen LogP contribution in [0.2, 0.25) is 0 Å². The van der Waals surface area contributed by atoms with Gasteiger partial charge >= 0.3 is 0 Å². The summed E-state index contributed by atoms with van der Waals surface area (Å²) in [5.41, 5.74) is 7.44. The van der Waals surface area contributed by atoms with E-state index in [1.807, 2.05) is 0 Å². The fourth-order valence-corrected chi connectivity index (χ4v) is 4.87. The van der Waals surface area contributed by atoms with E-state index >= 15 is 0 Å². The Bertz CT molecular complexity index is 1630. The molecule has 0 saturated heterocycles. The first-order valence-corrected chi connectivity index (χ1v) is 12.5. The van der Waals surface area contributed by atoms with Crippen LogP contribution in [0.3, 0.4) is 0 Å². The third-order valence-electron chi connectivity index (χ3n) is 6.97. The van der Waals surface area contributed by atoms with Crippen molar-refractivity contribution >= 4 is 56.6 Å². The maximum atomic E-state index is 2.28. The molecule has 0 aromatic heterocycles. The van der Waals surface area contributed by atoms with E-state index in [1.165, 1.54) is 65.7 Å². The summed E-state index contributed by atoms with van der Waals surface area (Å²) in [5, 5.41) is 7.74. The smallest absolute Gasteiger partial charge is 0.00990 e. The lowest BCUT2D eigenvalue weighted by atomic mass is 9.95. The van der Waals surface area contributed by atoms with E-state index in [0.717, 1.165) is 0 Å². The van der Waals surface area contributed by atoms with Crippen molar-refractivity contribution in [2.45, 2.75) is 13.8 Å². The third-order valence-corrected chi connectivity index (χ3v) is 6.97. The van der Waals surface area contributed by atoms with E-state index in [0.29, 0.717) is 0 Å². The summed E-state index contributed by atoms with van der Waals surface area (Å²) in [6.45, 7) is 4.24. The second-order valence-corrected chi connectivity index (χ2v) is 9.68. The standard InChI is InChI=1S/C36H28/c1-25-3-7-27(8-4-25)11-13-29-15-19-33-31(23-29)17-21-36-34-20-16-30(24-32(34)18-22-35(33)36)14-12-28-9-5-26(2)6-10-28/h3-24H,1-2H3. The van der Waals surface area contributed by atoms with Crippen LogP contribution in [0.25, 0.3) is 56.6 Å². The fraction of sp³-hybridized carbons (Fsp3) is 0.0556. The maximum absolute atomic E-state index is 2.28. The Morgan fingerprint density at radius 3 is 1.08 bits per heavy atom. The van der Waals surface area contributed by atoms with Gasteiger partial charge < -0.3 is 0 Å². The largest absolute Gasteiger partial charge is 0.0587 e. The Kier molecular flexibility index (Phi) is 5.71. The summed E-state index contributed by atoms with van der Waals surface area (Å²) in [5.74, 6) is 0. The molecule has 0 atom stereocenters. The van der Waals surface area contributed by atoms with Crippen molar-refractivity contribution in [3.05, 3.63) is 143 Å². The number of fused-ring (bicyclic) bond motifs is 5. The van der Waals surface area contributed by atoms with Crippen molar-refractivity contribution in [2.75, 3.05) is 0 Å². The molecule has 6 rings (SSSR count). The lowest BCUT2D eigenvalue weighted by Gasteiger charge is -2.09. The van der Waals surface area contributed by atoms with Crippen molar-refractivity contribution < 1.29 is 0 Å². The summed E-state index contributed by atoms with van der Waals surface area (Å²) < 4.78 is 0. The summed E-state index contributed by atoms with van der Waals surface area (Å²) in [6, 6.07) is 39.8. The van der Waals surface area contributed by atoms with Gasteiger partial charge in [0.05, 0.1) is 0 Å². The minimum Gasteiger partial charge on any atom is -0.0587 e. The Labute approximate surface area is 212 Å². The van der Waals surface area contributed by atoms with Gasteiger partial charge in [0.1, 0.15) is 0 Å². The average molecular weight is 461 g/mol. The van der Waals surface area contributed by atoms with E-state index in [1.54, 1.807) is 0 Å². The normalized spacial score (nSPS) is 11.9. The summed E-state index contributed by atoms with van der Waals surface area (Å²) in [7, 11) is 0. The molecule has 6 aromatic carbocycles. The first-order valence-electron chi connectivity index (χ1n) is 12.5. The summed E-state index contributed by atoms with van der Waals surface area (Å²) >= 11 is 0. The molecule has 0 spiro atoms. The first-order chi connectivity index (χ1) is 17.6. The zero-order valence-electron chi connectivity index (χ0n) is 20.7. The van der Waals surface area contributed by atoms with Crippen molar-refractivity contribution in [1.29, 1.82) is 0 Å². The number of hydrogen-bond acceptors (Lipinski definition) is 0. The molecule has 0 nitrogen and oxygen atoms in total. The predicted molar refractivity (Wildman–Crippen MR) is 159 cm³/mol. The molecule has 0 aliphatic rings. The van der Waals surface area contributed by atoms with Crippen LogP contribution in [0.5, 0.6) is 0 Å². The molecule has 0 aliphatic carbocycles. The van der Waals surface area contributed by atoms with E-state index in [9.17, 15) is 0 Å². The fourth-order valence-electron chi connectivity index (χ4n) is 4.87. The van der Waals surface area contributed by atoms with E-state index < -0.39 is 0 Å². The topological polar surface area (TPSA) is 0 Å². The first kappa shape index (κ1) is 22.1. The second kappa shape index (κ2) is 9.32. The number of hydrogen-bond donors (Lipinski definition) is 0. The number of benzene rings is 6. The molecular formula is C36H28. The van der Waals surface area contributed by atoms with Gasteiger partial charge in [-0.05, 0) is 80.6 Å². The van der Waals surface area contributed by atoms with E-state index in [2.05, 4.69) is 147 Å². The molecule has 0 unspecified atom stereocenters. The van der Waals surface area contributed by atoms with Gasteiger partial charge in [-0.3, -0.25) is 0 Å². The second-order valence-electron chi connectivity index (χ2n) is 9.68. The molecule has 0 radical (unpaired) electrons. The van der Waals surface area contributed by atoms with Crippen LogP contribution in [0.4, 0.5) is 0 Å². The third kappa shape index (κ3) is 4.46. The Hall–Kier alpha value is -4.42. The van der Waals surface area contributed by atoms with Crippen LogP contribution < -0.4 is 0 Å². The van der Waals surface area contributed by atoms with Crippen LogP contribution >= 0.6 is 0 Å². The van der Waals surface area contributed by atoms with Gasteiger partial charge in [-0.1, -0.05) is 132 Å². The summed E-state index contributed by atoms with van der Waals surface area (Å²) in [4.78, 5) is 0. The van der Waals surface area contributed by atoms with Gasteiger partial charge in [0, 0.05) is 0 Å². The van der Waals surface area contributed by atoms with Gasteiger partial charge in [0.2, 0.25) is 0 Å². The Morgan fingerprint density at radius 2 is 0.667 bits per heavy atom. The van der Waals surface area contributed by atoms with Crippen molar-refractivity contribution in [2.24, 2.45) is 0 Å². The van der Waals surface area contributed by atoms with Crippen molar-refractivity contribution in [1.82, 2.24) is 0 Å². The predicted octanol–water partition coefficient (Wildman–Crippen LogP) is 10.1. The minimum atomic E-state index is 1.22. The molecule has 0 amide bonds. The Morgan fingerprint density at radius 1 is 0.333 bits per heavy atom. The van der Waals surface area contributed by atoms with Gasteiger partial charge in [-0.25, -0.2) is 0 Å². The van der Waals surface area contributed by atoms with Gasteiger partial charge in [-0.2, -0.15) is 0 Å². The molecule has 0 heterocycles. The number of rotatable bonds is 4. The van der Waals surface area contributed by atoms with Crippen LogP contribution in [0.15, 0.2) is 109 Å². The maximum Gasteiger partial charge on any atom is -0.00990 e. The average Bonchev–Trinajstić information content (AvgIpc) is 2.91. The molecule has 0 N–H and O–H groups in total. The molecule has 0 bridgehead atoms. The molecule has 6 aromatic rings. The van der Waals surface area contributed by atoms with Gasteiger partial charge in [-0.15, -0.1) is 0 Å². The highest BCUT2D eigenvalue weighted by Crippen LogP contribution is 2.32. The zero-order chi connectivity index (χ0) is 24.5. The molecule has 0 heteroatoms. The highest BCUT2D eigenvalue weighted by atomic mass is 14.1. The molecule has 36 heavy (non-hydrogen) atoms. The molecular weight excluding hydrogens is 432 g/mol. The van der Waals surface area contributed by atoms with Crippen LogP contribution in [-0.2, 0) is 0 Å². The van der Waals surface area contributed by atoms with Crippen LogP contribution in [-0.4, -0.2) is 0 Å². The van der Waals surface area contributed by atoms with E-state index in [4.69, 9.17) is 0 Å². The van der Waals surface area contributed by atoms with Crippen molar-refractivity contribution in [3.8, 4) is 0 Å². The lowest BCUT2D eigenvalue weighted by Crippen LogP contribution is -1.83. The molecule has 0 fully saturated rings. The molecule has 0 aliphatic heterocycles. The lowest BCUT2D eigenvalue weighted by molar-refractivity contribution is 1.46. The zero-order valence-corrected chi connectivity index (χ0v) is 20.7. The minimum absolute atomic E-state index is 1.22. The highest BCUT2D eigenvalue weighted by molar-refractivity contribution is 6.17. The van der Waals surface area contributed by atoms with Crippen molar-refractivity contribution in [3.63, 3.8) is 0 Å². The van der Waals surface area contributed by atoms with Crippen LogP contribution in [0.1, 0.15) is 33.4 Å². The van der Waals surface area contributed by atoms with Gasteiger partial charge in [0.25, 0.3) is 0 Å². The monoisotopic (exact) mass is 460 g/mol. The molecule has 172 valence electrons. The Balaban J connectivity index is 1.33. The van der Waals surface area contributed by atoms with Gasteiger partial charge in [0.15, 0.2) is 0 Å².